The smallest absolute Gasteiger partial charge is 0.338 e. The maximum Gasteiger partial charge on any atom is 0.338 e. The number of hydrogen-bond acceptors (Lipinski definition) is 10. The highest BCUT2D eigenvalue weighted by atomic mass is 35.5. The van der Waals surface area contributed by atoms with E-state index in [4.69, 9.17) is 31.2 Å². The van der Waals surface area contributed by atoms with Crippen LogP contribution < -0.4 is 15.0 Å². The molecule has 1 saturated heterocycles. The number of amidine groups is 1. The number of anilines is 1. The summed E-state index contributed by atoms with van der Waals surface area (Å²) in [5.41, 5.74) is 2.56. The van der Waals surface area contributed by atoms with Crippen molar-refractivity contribution in [3.05, 3.63) is 118 Å². The van der Waals surface area contributed by atoms with Crippen molar-refractivity contribution in [2.24, 2.45) is 12.0 Å². The molecule has 1 amide bonds. The van der Waals surface area contributed by atoms with E-state index in [9.17, 15) is 14.4 Å². The Labute approximate surface area is 300 Å². The van der Waals surface area contributed by atoms with Crippen molar-refractivity contribution in [3.63, 3.8) is 0 Å². The van der Waals surface area contributed by atoms with Gasteiger partial charge in [-0.3, -0.25) is 19.6 Å². The largest absolute Gasteiger partial charge is 0.478 e. The minimum Gasteiger partial charge on any atom is -0.478 e. The number of carboxylic acid groups (broad SMARTS) is 1. The molecule has 4 aromatic rings. The number of carboxylic acids is 1. The Kier molecular flexibility index (Phi) is 10.8. The molecule has 3 heterocycles. The molecule has 0 bridgehead atoms. The number of carbonyl (C=O) groups excluding carboxylic acids is 2. The lowest BCUT2D eigenvalue weighted by Gasteiger charge is -2.41. The van der Waals surface area contributed by atoms with Crippen molar-refractivity contribution >= 4 is 41.5 Å². The Bertz CT molecular complexity index is 1960. The van der Waals surface area contributed by atoms with Gasteiger partial charge in [0.05, 0.1) is 18.2 Å². The van der Waals surface area contributed by atoms with E-state index in [2.05, 4.69) is 20.1 Å². The number of likely N-dealkylation sites (N-methyl/N-ethyl adjacent to an activating group) is 1. The molecular weight excluding hydrogens is 674 g/mol. The number of carbonyl (C=O) groups is 3. The third-order valence-electron chi connectivity index (χ3n) is 9.05. The van der Waals surface area contributed by atoms with Gasteiger partial charge in [0.25, 0.3) is 0 Å². The summed E-state index contributed by atoms with van der Waals surface area (Å²) in [4.78, 5) is 52.5. The van der Waals surface area contributed by atoms with Gasteiger partial charge in [0.15, 0.2) is 11.7 Å². The third-order valence-corrected chi connectivity index (χ3v) is 9.39. The molecule has 0 radical (unpaired) electrons. The molecule has 2 aliphatic rings. The van der Waals surface area contributed by atoms with Gasteiger partial charge >= 0.3 is 11.9 Å². The summed E-state index contributed by atoms with van der Waals surface area (Å²) in [6, 6.07) is 19.9. The third kappa shape index (κ3) is 7.96. The average Bonchev–Trinajstić information content (AvgIpc) is 3.57. The summed E-state index contributed by atoms with van der Waals surface area (Å²) in [5, 5.41) is 13.0. The highest BCUT2D eigenvalue weighted by molar-refractivity contribution is 6.31. The number of aliphatic imine (C=N–C) groups is 1. The Morgan fingerprint density at radius 2 is 1.75 bits per heavy atom. The van der Waals surface area contributed by atoms with Crippen LogP contribution in [0.1, 0.15) is 27.8 Å². The SMILES string of the molecule is COC(=O)C1=C(CN2CCN(C)C(CN(C=O)c3ccc(Oc4ccc(C(=O)O)cc4)cc3)C2)NC(c2nccn2C)=NC1c1ccccc1Cl. The quantitative estimate of drug-likeness (QED) is 0.161. The number of ether oxygens (including phenoxy) is 2. The Morgan fingerprint density at radius 1 is 1.04 bits per heavy atom. The topological polar surface area (TPSA) is 142 Å². The zero-order valence-corrected chi connectivity index (χ0v) is 29.2. The summed E-state index contributed by atoms with van der Waals surface area (Å²) >= 11 is 6.66. The standard InChI is InChI=1S/C37H38ClN7O6/c1-42-18-19-44(20-26(42)21-45(23-46)25-10-14-28(15-11-25)51-27-12-8-24(9-13-27)36(47)48)22-31-32(37(49)50-3)33(29-6-4-5-7-30(29)38)41-34(40-31)35-39-16-17-43(35)2/h4-17,23,26,33H,18-22H2,1-3H3,(H,40,41)(H,47,48). The van der Waals surface area contributed by atoms with Crippen LogP contribution in [0.15, 0.2) is 101 Å². The summed E-state index contributed by atoms with van der Waals surface area (Å²) in [6.45, 7) is 2.88. The van der Waals surface area contributed by atoms with Crippen molar-refractivity contribution in [1.29, 1.82) is 0 Å². The first-order chi connectivity index (χ1) is 24.6. The van der Waals surface area contributed by atoms with Crippen molar-refractivity contribution in [1.82, 2.24) is 24.7 Å². The first-order valence-corrected chi connectivity index (χ1v) is 16.7. The molecule has 2 N–H and O–H groups in total. The first-order valence-electron chi connectivity index (χ1n) is 16.3. The fourth-order valence-electron chi connectivity index (χ4n) is 6.22. The molecule has 2 atom stereocenters. The zero-order chi connectivity index (χ0) is 36.1. The van der Waals surface area contributed by atoms with Gasteiger partial charge in [-0.2, -0.15) is 0 Å². The molecule has 2 aliphatic heterocycles. The van der Waals surface area contributed by atoms with Crippen LogP contribution in [0, 0.1) is 0 Å². The second-order valence-corrected chi connectivity index (χ2v) is 12.7. The average molecular weight is 712 g/mol. The fourth-order valence-corrected chi connectivity index (χ4v) is 6.46. The number of methoxy groups -OCH3 is 1. The van der Waals surface area contributed by atoms with E-state index in [1.54, 1.807) is 41.4 Å². The molecule has 51 heavy (non-hydrogen) atoms. The number of amides is 1. The van der Waals surface area contributed by atoms with E-state index < -0.39 is 18.0 Å². The number of aromatic nitrogens is 2. The molecule has 2 unspecified atom stereocenters. The van der Waals surface area contributed by atoms with Crippen LogP contribution in [0.5, 0.6) is 11.5 Å². The Balaban J connectivity index is 1.20. The van der Waals surface area contributed by atoms with Gasteiger partial charge in [-0.25, -0.2) is 14.6 Å². The number of aryl methyl sites for hydroxylation is 1. The van der Waals surface area contributed by atoms with Crippen molar-refractivity contribution in [3.8, 4) is 11.5 Å². The maximum atomic E-state index is 13.4. The molecule has 0 spiro atoms. The number of rotatable bonds is 12. The van der Waals surface area contributed by atoms with Gasteiger partial charge in [0, 0.05) is 80.2 Å². The Morgan fingerprint density at radius 3 is 2.37 bits per heavy atom. The first kappa shape index (κ1) is 35.3. The number of imidazole rings is 1. The number of piperazine rings is 1. The molecular formula is C37H38ClN7O6. The number of esters is 1. The molecule has 6 rings (SSSR count). The second-order valence-electron chi connectivity index (χ2n) is 12.3. The van der Waals surface area contributed by atoms with Crippen LogP contribution in [0.2, 0.25) is 5.02 Å². The molecule has 264 valence electrons. The highest BCUT2D eigenvalue weighted by Gasteiger charge is 2.36. The fraction of sp³-hybridized carbons (Fsp3) is 0.270. The molecule has 0 saturated carbocycles. The minimum atomic E-state index is -1.01. The van der Waals surface area contributed by atoms with Crippen molar-refractivity contribution < 1.29 is 29.0 Å². The van der Waals surface area contributed by atoms with E-state index in [1.165, 1.54) is 19.2 Å². The number of halogens is 1. The van der Waals surface area contributed by atoms with Crippen molar-refractivity contribution in [2.45, 2.75) is 12.1 Å². The van der Waals surface area contributed by atoms with Gasteiger partial charge in [0.2, 0.25) is 6.41 Å². The molecule has 14 heteroatoms. The number of nitrogens with one attached hydrogen (secondary N) is 1. The van der Waals surface area contributed by atoms with Crippen LogP contribution >= 0.6 is 11.6 Å². The highest BCUT2D eigenvalue weighted by Crippen LogP contribution is 2.36. The summed E-state index contributed by atoms with van der Waals surface area (Å²) in [6.07, 6.45) is 4.34. The van der Waals surface area contributed by atoms with Gasteiger partial charge in [-0.1, -0.05) is 29.8 Å². The van der Waals surface area contributed by atoms with Crippen LogP contribution in [0.3, 0.4) is 0 Å². The number of nitrogens with zero attached hydrogens (tertiary/aromatic N) is 6. The minimum absolute atomic E-state index is 0.0274. The molecule has 3 aromatic carbocycles. The summed E-state index contributed by atoms with van der Waals surface area (Å²) in [7, 11) is 5.27. The van der Waals surface area contributed by atoms with Crippen LogP contribution in [0.25, 0.3) is 0 Å². The van der Waals surface area contributed by atoms with Crippen LogP contribution in [-0.4, -0.2) is 102 Å². The van der Waals surface area contributed by atoms with Gasteiger partial charge in [-0.15, -0.1) is 0 Å². The van der Waals surface area contributed by atoms with E-state index in [0.717, 1.165) is 19.5 Å². The van der Waals surface area contributed by atoms with Crippen molar-refractivity contribution in [2.75, 3.05) is 51.8 Å². The predicted molar refractivity (Wildman–Crippen MR) is 192 cm³/mol. The second kappa shape index (κ2) is 15.6. The predicted octanol–water partition coefficient (Wildman–Crippen LogP) is 4.36. The normalized spacial score (nSPS) is 18.1. The number of aromatic carboxylic acids is 1. The summed E-state index contributed by atoms with van der Waals surface area (Å²) in [5.74, 6) is 0.653. The molecule has 0 aliphatic carbocycles. The number of benzene rings is 3. The van der Waals surface area contributed by atoms with Crippen LogP contribution in [-0.2, 0) is 21.4 Å². The van der Waals surface area contributed by atoms with Gasteiger partial charge in [-0.05, 0) is 61.6 Å². The number of hydrogen-bond donors (Lipinski definition) is 2. The lowest BCUT2D eigenvalue weighted by Crippen LogP contribution is -2.56. The zero-order valence-electron chi connectivity index (χ0n) is 28.4. The molecule has 13 nitrogen and oxygen atoms in total. The van der Waals surface area contributed by atoms with Gasteiger partial charge < -0.3 is 29.4 Å². The summed E-state index contributed by atoms with van der Waals surface area (Å²) < 4.78 is 13.0. The van der Waals surface area contributed by atoms with E-state index >= 15 is 0 Å². The van der Waals surface area contributed by atoms with Crippen LogP contribution in [0.4, 0.5) is 5.69 Å². The molecule has 1 fully saturated rings. The van der Waals surface area contributed by atoms with Gasteiger partial charge in [0.1, 0.15) is 17.5 Å². The van der Waals surface area contributed by atoms with E-state index in [1.807, 2.05) is 55.2 Å². The van der Waals surface area contributed by atoms with E-state index in [0.29, 0.717) is 70.3 Å². The Hall–Kier alpha value is -5.50. The lowest BCUT2D eigenvalue weighted by molar-refractivity contribution is -0.136. The maximum absolute atomic E-state index is 13.4. The molecule has 1 aromatic heterocycles. The lowest BCUT2D eigenvalue weighted by atomic mass is 9.95. The van der Waals surface area contributed by atoms with E-state index in [-0.39, 0.29) is 11.6 Å². The monoisotopic (exact) mass is 711 g/mol.